The van der Waals surface area contributed by atoms with Crippen LogP contribution in [0.3, 0.4) is 0 Å². The number of ether oxygens (including phenoxy) is 1. The maximum Gasteiger partial charge on any atom is 0.253 e. The second-order valence-corrected chi connectivity index (χ2v) is 10.9. The molecular formula is C26H26N6O5S. The molecule has 0 aromatic carbocycles. The van der Waals surface area contributed by atoms with Crippen LogP contribution in [-0.2, 0) is 21.1 Å². The molecule has 38 heavy (non-hydrogen) atoms. The summed E-state index contributed by atoms with van der Waals surface area (Å²) in [4.78, 5) is 32.5. The van der Waals surface area contributed by atoms with Gasteiger partial charge in [-0.25, -0.2) is 18.4 Å². The monoisotopic (exact) mass is 534 g/mol. The molecule has 1 aliphatic rings. The van der Waals surface area contributed by atoms with E-state index in [2.05, 4.69) is 20.2 Å². The molecular weight excluding hydrogens is 508 g/mol. The molecule has 0 bridgehead atoms. The molecule has 1 unspecified atom stereocenters. The van der Waals surface area contributed by atoms with Crippen molar-refractivity contribution >= 4 is 32.5 Å². The summed E-state index contributed by atoms with van der Waals surface area (Å²) in [5.41, 5.74) is 2.83. The lowest BCUT2D eigenvalue weighted by Gasteiger charge is -2.33. The molecule has 0 spiro atoms. The minimum atomic E-state index is -3.48. The van der Waals surface area contributed by atoms with E-state index in [0.29, 0.717) is 42.3 Å². The highest BCUT2D eigenvalue weighted by Crippen LogP contribution is 2.23. The third kappa shape index (κ3) is 5.77. The number of carbonyl (C=O) groups is 1. The highest BCUT2D eigenvalue weighted by atomic mass is 32.2. The Morgan fingerprint density at radius 1 is 1.13 bits per heavy atom. The van der Waals surface area contributed by atoms with E-state index in [-0.39, 0.29) is 29.7 Å². The fourth-order valence-corrected chi connectivity index (χ4v) is 4.69. The summed E-state index contributed by atoms with van der Waals surface area (Å²) in [5.74, 6) is 0.331. The van der Waals surface area contributed by atoms with Crippen LogP contribution in [0.5, 0.6) is 0 Å². The van der Waals surface area contributed by atoms with Crippen LogP contribution >= 0.6 is 0 Å². The highest BCUT2D eigenvalue weighted by Gasteiger charge is 2.21. The van der Waals surface area contributed by atoms with E-state index in [1.54, 1.807) is 12.3 Å². The molecule has 0 radical (unpaired) electrons. The number of nitrogens with zero attached hydrogens (tertiary/aromatic N) is 5. The van der Waals surface area contributed by atoms with Crippen LogP contribution in [0.4, 0.5) is 5.82 Å². The van der Waals surface area contributed by atoms with E-state index >= 15 is 0 Å². The standard InChI is InChI=1S/C26H26N6O5S/c1-38(35,36)21-9-18(11-27-14-21)26(34)29-13-19-10-24-17(12-28-19)5-6-23(30-24)22-3-2-4-25(31-22)32-7-8-37-20(15-32)16-33/h2-6,9-12,14,20,33H,7-8,13,15-16H2,1H3,(H,29,34). The van der Waals surface area contributed by atoms with Crippen molar-refractivity contribution in [2.75, 3.05) is 37.5 Å². The lowest BCUT2D eigenvalue weighted by molar-refractivity contribution is 0.00337. The molecule has 4 aromatic heterocycles. The van der Waals surface area contributed by atoms with Gasteiger partial charge in [0.15, 0.2) is 9.84 Å². The number of hydrogen-bond donors (Lipinski definition) is 2. The number of carbonyl (C=O) groups excluding carboxylic acids is 1. The van der Waals surface area contributed by atoms with Crippen molar-refractivity contribution in [1.82, 2.24) is 25.3 Å². The van der Waals surface area contributed by atoms with Crippen LogP contribution < -0.4 is 10.2 Å². The predicted octanol–water partition coefficient (Wildman–Crippen LogP) is 1.62. The Morgan fingerprint density at radius 2 is 1.97 bits per heavy atom. The van der Waals surface area contributed by atoms with E-state index < -0.39 is 15.7 Å². The molecule has 5 rings (SSSR count). The van der Waals surface area contributed by atoms with Gasteiger partial charge in [-0.2, -0.15) is 0 Å². The summed E-state index contributed by atoms with van der Waals surface area (Å²) < 4.78 is 29.1. The molecule has 2 N–H and O–H groups in total. The predicted molar refractivity (Wildman–Crippen MR) is 140 cm³/mol. The normalized spacial score (nSPS) is 15.9. The van der Waals surface area contributed by atoms with Crippen LogP contribution in [0, 0.1) is 0 Å². The zero-order valence-corrected chi connectivity index (χ0v) is 21.4. The number of rotatable bonds is 7. The number of nitrogens with one attached hydrogen (secondary N) is 1. The molecule has 1 amide bonds. The Hall–Kier alpha value is -4.00. The molecule has 12 heteroatoms. The van der Waals surface area contributed by atoms with E-state index in [9.17, 15) is 18.3 Å². The lowest BCUT2D eigenvalue weighted by atomic mass is 10.2. The first kappa shape index (κ1) is 25.6. The third-order valence-corrected chi connectivity index (χ3v) is 7.21. The molecule has 0 aliphatic carbocycles. The summed E-state index contributed by atoms with van der Waals surface area (Å²) in [6, 6.07) is 12.6. The molecule has 1 saturated heterocycles. The smallest absolute Gasteiger partial charge is 0.253 e. The largest absolute Gasteiger partial charge is 0.394 e. The molecule has 1 fully saturated rings. The third-order valence-electron chi connectivity index (χ3n) is 6.13. The molecule has 1 aliphatic heterocycles. The maximum atomic E-state index is 12.6. The molecule has 1 atom stereocenters. The first-order valence-corrected chi connectivity index (χ1v) is 13.8. The highest BCUT2D eigenvalue weighted by molar-refractivity contribution is 7.90. The number of anilines is 1. The van der Waals surface area contributed by atoms with E-state index in [1.807, 2.05) is 30.3 Å². The molecule has 11 nitrogen and oxygen atoms in total. The molecule has 4 aromatic rings. The Kier molecular flexibility index (Phi) is 7.27. The zero-order chi connectivity index (χ0) is 26.7. The average molecular weight is 535 g/mol. The van der Waals surface area contributed by atoms with Crippen LogP contribution in [0.25, 0.3) is 22.3 Å². The first-order valence-electron chi connectivity index (χ1n) is 11.9. The summed E-state index contributed by atoms with van der Waals surface area (Å²) in [6.07, 6.45) is 5.03. The Bertz CT molecular complexity index is 1600. The minimum Gasteiger partial charge on any atom is -0.394 e. The number of fused-ring (bicyclic) bond motifs is 1. The van der Waals surface area contributed by atoms with Gasteiger partial charge in [0.2, 0.25) is 0 Å². The van der Waals surface area contributed by atoms with Crippen molar-refractivity contribution in [2.45, 2.75) is 17.5 Å². The Morgan fingerprint density at radius 3 is 2.79 bits per heavy atom. The quantitative estimate of drug-likeness (QED) is 0.358. The number of amides is 1. The SMILES string of the molecule is CS(=O)(=O)c1cncc(C(=O)NCc2cc3nc(-c4cccc(N5CCOC(CO)C5)n4)ccc3cn2)c1. The van der Waals surface area contributed by atoms with Gasteiger partial charge in [0.1, 0.15) is 5.82 Å². The van der Waals surface area contributed by atoms with E-state index in [4.69, 9.17) is 14.7 Å². The molecule has 196 valence electrons. The van der Waals surface area contributed by atoms with Crippen LogP contribution in [0.2, 0.25) is 0 Å². The van der Waals surface area contributed by atoms with Gasteiger partial charge in [-0.3, -0.25) is 14.8 Å². The molecule has 0 saturated carbocycles. The number of aliphatic hydroxyl groups excluding tert-OH is 1. The van der Waals surface area contributed by atoms with Gasteiger partial charge >= 0.3 is 0 Å². The number of hydrogen-bond acceptors (Lipinski definition) is 10. The number of sulfone groups is 1. The Balaban J connectivity index is 1.33. The van der Waals surface area contributed by atoms with Crippen molar-refractivity contribution in [3.8, 4) is 11.4 Å². The summed E-state index contributed by atoms with van der Waals surface area (Å²) in [6.45, 7) is 1.86. The summed E-state index contributed by atoms with van der Waals surface area (Å²) in [7, 11) is -3.48. The topological polar surface area (TPSA) is 148 Å². The van der Waals surface area contributed by atoms with Crippen molar-refractivity contribution in [3.05, 3.63) is 72.3 Å². The maximum absolute atomic E-state index is 12.6. The van der Waals surface area contributed by atoms with Crippen molar-refractivity contribution < 1.29 is 23.1 Å². The minimum absolute atomic E-state index is 0.0229. The number of aliphatic hydroxyl groups is 1. The van der Waals surface area contributed by atoms with Crippen LogP contribution in [-0.4, -0.2) is 78.0 Å². The van der Waals surface area contributed by atoms with Crippen molar-refractivity contribution in [3.63, 3.8) is 0 Å². The zero-order valence-electron chi connectivity index (χ0n) is 20.6. The first-order chi connectivity index (χ1) is 18.3. The average Bonchev–Trinajstić information content (AvgIpc) is 2.95. The van der Waals surface area contributed by atoms with Gasteiger partial charge in [0.25, 0.3) is 5.91 Å². The van der Waals surface area contributed by atoms with Crippen LogP contribution in [0.15, 0.2) is 66.0 Å². The van der Waals surface area contributed by atoms with Crippen molar-refractivity contribution in [1.29, 1.82) is 0 Å². The number of pyridine rings is 4. The second-order valence-electron chi connectivity index (χ2n) is 8.93. The summed E-state index contributed by atoms with van der Waals surface area (Å²) in [5, 5.41) is 13.0. The number of morpholine rings is 1. The van der Waals surface area contributed by atoms with Gasteiger partial charge in [0.05, 0.1) is 58.9 Å². The van der Waals surface area contributed by atoms with Crippen LogP contribution in [0.1, 0.15) is 16.1 Å². The van der Waals surface area contributed by atoms with Gasteiger partial charge in [-0.15, -0.1) is 0 Å². The Labute approximate surface area is 219 Å². The van der Waals surface area contributed by atoms with Gasteiger partial charge in [-0.05, 0) is 36.4 Å². The van der Waals surface area contributed by atoms with Gasteiger partial charge in [-0.1, -0.05) is 6.07 Å². The van der Waals surface area contributed by atoms with E-state index in [1.165, 1.54) is 18.5 Å². The lowest BCUT2D eigenvalue weighted by Crippen LogP contribution is -2.44. The van der Waals surface area contributed by atoms with E-state index in [0.717, 1.165) is 17.5 Å². The molecule has 5 heterocycles. The fourth-order valence-electron chi connectivity index (χ4n) is 4.10. The number of aromatic nitrogens is 4. The fraction of sp³-hybridized carbons (Fsp3) is 0.269. The van der Waals surface area contributed by atoms with Gasteiger partial charge < -0.3 is 20.1 Å². The van der Waals surface area contributed by atoms with Gasteiger partial charge in [0, 0.05) is 43.3 Å². The second kappa shape index (κ2) is 10.8. The van der Waals surface area contributed by atoms with Crippen molar-refractivity contribution in [2.24, 2.45) is 0 Å². The summed E-state index contributed by atoms with van der Waals surface area (Å²) >= 11 is 0.